The number of guanidine groups is 1. The highest BCUT2D eigenvalue weighted by Gasteiger charge is 2.10. The number of benzene rings is 2. The van der Waals surface area contributed by atoms with Gasteiger partial charge in [0, 0.05) is 13.6 Å². The van der Waals surface area contributed by atoms with E-state index in [1.165, 1.54) is 6.07 Å². The molecule has 8 heteroatoms. The summed E-state index contributed by atoms with van der Waals surface area (Å²) >= 11 is 0. The van der Waals surface area contributed by atoms with E-state index in [-0.39, 0.29) is 30.1 Å². The fraction of sp³-hybridized carbons (Fsp3) is 0.350. The van der Waals surface area contributed by atoms with Crippen molar-refractivity contribution in [2.75, 3.05) is 27.2 Å². The number of aliphatic imine (C=N–C) groups is 1. The normalized spacial score (nSPS) is 12.0. The van der Waals surface area contributed by atoms with E-state index >= 15 is 0 Å². The van der Waals surface area contributed by atoms with E-state index in [9.17, 15) is 8.78 Å². The monoisotopic (exact) mass is 505 g/mol. The van der Waals surface area contributed by atoms with E-state index in [2.05, 4.69) is 15.6 Å². The molecule has 0 fully saturated rings. The number of halogens is 3. The predicted octanol–water partition coefficient (Wildman–Crippen LogP) is 3.77. The standard InChI is InChI=1S/C20H25F2N3O2.HI/c1-14(27-19-7-5-4-6-18(19)26-3)13-25-20(23-2)24-11-10-15-12-16(21)8-9-17(15)22;/h4-9,12,14H,10-11,13H2,1-3H3,(H2,23,24,25);1H. The van der Waals surface area contributed by atoms with Gasteiger partial charge in [0.2, 0.25) is 0 Å². The van der Waals surface area contributed by atoms with Crippen LogP contribution >= 0.6 is 24.0 Å². The Balaban J connectivity index is 0.00000392. The maximum atomic E-state index is 13.6. The molecular weight excluding hydrogens is 479 g/mol. The molecule has 0 aromatic heterocycles. The number of methoxy groups -OCH3 is 1. The number of rotatable bonds is 8. The van der Waals surface area contributed by atoms with E-state index in [0.29, 0.717) is 42.5 Å². The highest BCUT2D eigenvalue weighted by atomic mass is 127. The molecule has 1 unspecified atom stereocenters. The first-order chi connectivity index (χ1) is 13.0. The lowest BCUT2D eigenvalue weighted by atomic mass is 10.1. The van der Waals surface area contributed by atoms with Crippen molar-refractivity contribution >= 4 is 29.9 Å². The van der Waals surface area contributed by atoms with Crippen molar-refractivity contribution in [1.82, 2.24) is 10.6 Å². The van der Waals surface area contributed by atoms with Gasteiger partial charge in [-0.15, -0.1) is 24.0 Å². The van der Waals surface area contributed by atoms with Crippen LogP contribution in [0.4, 0.5) is 8.78 Å². The van der Waals surface area contributed by atoms with Crippen molar-refractivity contribution in [1.29, 1.82) is 0 Å². The van der Waals surface area contributed by atoms with Crippen LogP contribution in [-0.4, -0.2) is 39.3 Å². The van der Waals surface area contributed by atoms with E-state index in [4.69, 9.17) is 9.47 Å². The highest BCUT2D eigenvalue weighted by Crippen LogP contribution is 2.26. The summed E-state index contributed by atoms with van der Waals surface area (Å²) in [4.78, 5) is 4.12. The molecule has 0 aliphatic rings. The number of ether oxygens (including phenoxy) is 2. The summed E-state index contributed by atoms with van der Waals surface area (Å²) in [5, 5.41) is 6.22. The minimum atomic E-state index is -0.448. The summed E-state index contributed by atoms with van der Waals surface area (Å²) in [6.07, 6.45) is 0.206. The predicted molar refractivity (Wildman–Crippen MR) is 118 cm³/mol. The Hall–Kier alpha value is -2.10. The Labute approximate surface area is 181 Å². The van der Waals surface area contributed by atoms with Crippen LogP contribution in [0, 0.1) is 11.6 Å². The lowest BCUT2D eigenvalue weighted by Crippen LogP contribution is -2.42. The van der Waals surface area contributed by atoms with Crippen LogP contribution in [0.1, 0.15) is 12.5 Å². The van der Waals surface area contributed by atoms with Crippen molar-refractivity contribution in [2.24, 2.45) is 4.99 Å². The molecule has 0 heterocycles. The molecule has 2 aromatic rings. The molecular formula is C20H26F2IN3O2. The average molecular weight is 505 g/mol. The van der Waals surface area contributed by atoms with Gasteiger partial charge < -0.3 is 20.1 Å². The van der Waals surface area contributed by atoms with Crippen molar-refractivity contribution in [2.45, 2.75) is 19.4 Å². The Kier molecular flexibility index (Phi) is 10.6. The van der Waals surface area contributed by atoms with E-state index in [1.807, 2.05) is 31.2 Å². The smallest absolute Gasteiger partial charge is 0.191 e. The van der Waals surface area contributed by atoms with Gasteiger partial charge in [-0.25, -0.2) is 8.78 Å². The number of nitrogens with one attached hydrogen (secondary N) is 2. The number of para-hydroxylation sites is 2. The third kappa shape index (κ3) is 7.49. The zero-order chi connectivity index (χ0) is 19.6. The molecule has 28 heavy (non-hydrogen) atoms. The molecule has 0 aliphatic heterocycles. The largest absolute Gasteiger partial charge is 0.493 e. The minimum absolute atomic E-state index is 0. The molecule has 0 aliphatic carbocycles. The number of hydrogen-bond acceptors (Lipinski definition) is 3. The molecule has 0 bridgehead atoms. The molecule has 5 nitrogen and oxygen atoms in total. The van der Waals surface area contributed by atoms with Gasteiger partial charge in [0.05, 0.1) is 13.7 Å². The van der Waals surface area contributed by atoms with Crippen LogP contribution in [0.5, 0.6) is 11.5 Å². The summed E-state index contributed by atoms with van der Waals surface area (Å²) < 4.78 is 38.0. The number of hydrogen-bond donors (Lipinski definition) is 2. The van der Waals surface area contributed by atoms with Gasteiger partial charge in [0.1, 0.15) is 17.7 Å². The first-order valence-corrected chi connectivity index (χ1v) is 8.71. The lowest BCUT2D eigenvalue weighted by molar-refractivity contribution is 0.213. The maximum Gasteiger partial charge on any atom is 0.191 e. The fourth-order valence-electron chi connectivity index (χ4n) is 2.49. The van der Waals surface area contributed by atoms with Gasteiger partial charge in [-0.2, -0.15) is 0 Å². The zero-order valence-electron chi connectivity index (χ0n) is 16.2. The molecule has 154 valence electrons. The SMILES string of the molecule is CN=C(NCCc1cc(F)ccc1F)NCC(C)Oc1ccccc1OC.I. The quantitative estimate of drug-likeness (QED) is 0.326. The van der Waals surface area contributed by atoms with E-state index in [1.54, 1.807) is 14.2 Å². The second-order valence-electron chi connectivity index (χ2n) is 5.94. The van der Waals surface area contributed by atoms with Crippen molar-refractivity contribution < 1.29 is 18.3 Å². The molecule has 0 radical (unpaired) electrons. The fourth-order valence-corrected chi connectivity index (χ4v) is 2.49. The van der Waals surface area contributed by atoms with Crippen molar-refractivity contribution in [3.05, 3.63) is 59.7 Å². The highest BCUT2D eigenvalue weighted by molar-refractivity contribution is 14.0. The van der Waals surface area contributed by atoms with E-state index < -0.39 is 11.6 Å². The second kappa shape index (κ2) is 12.4. The van der Waals surface area contributed by atoms with Crippen LogP contribution in [-0.2, 0) is 6.42 Å². The first kappa shape index (κ1) is 23.9. The van der Waals surface area contributed by atoms with Crippen LogP contribution in [0.2, 0.25) is 0 Å². The third-order valence-electron chi connectivity index (χ3n) is 3.87. The average Bonchev–Trinajstić information content (AvgIpc) is 2.67. The number of nitrogens with zero attached hydrogens (tertiary/aromatic N) is 1. The molecule has 0 spiro atoms. The molecule has 0 amide bonds. The van der Waals surface area contributed by atoms with Crippen LogP contribution in [0.3, 0.4) is 0 Å². The molecule has 0 saturated carbocycles. The van der Waals surface area contributed by atoms with Crippen LogP contribution in [0.15, 0.2) is 47.5 Å². The Bertz CT molecular complexity index is 775. The molecule has 0 saturated heterocycles. The first-order valence-electron chi connectivity index (χ1n) is 8.71. The van der Waals surface area contributed by atoms with Crippen LogP contribution < -0.4 is 20.1 Å². The Morgan fingerprint density at radius 2 is 1.82 bits per heavy atom. The Morgan fingerprint density at radius 1 is 1.11 bits per heavy atom. The van der Waals surface area contributed by atoms with Crippen molar-refractivity contribution in [3.8, 4) is 11.5 Å². The summed E-state index contributed by atoms with van der Waals surface area (Å²) in [6, 6.07) is 10.9. The maximum absolute atomic E-state index is 13.6. The molecule has 2 rings (SSSR count). The Morgan fingerprint density at radius 3 is 2.50 bits per heavy atom. The van der Waals surface area contributed by atoms with Gasteiger partial charge in [0.15, 0.2) is 17.5 Å². The van der Waals surface area contributed by atoms with Gasteiger partial charge in [-0.1, -0.05) is 12.1 Å². The lowest BCUT2D eigenvalue weighted by Gasteiger charge is -2.19. The minimum Gasteiger partial charge on any atom is -0.493 e. The van der Waals surface area contributed by atoms with Crippen molar-refractivity contribution in [3.63, 3.8) is 0 Å². The summed E-state index contributed by atoms with van der Waals surface area (Å²) in [5.74, 6) is 1.03. The second-order valence-corrected chi connectivity index (χ2v) is 5.94. The summed E-state index contributed by atoms with van der Waals surface area (Å²) in [7, 11) is 3.24. The third-order valence-corrected chi connectivity index (χ3v) is 3.87. The zero-order valence-corrected chi connectivity index (χ0v) is 18.5. The van der Waals surface area contributed by atoms with E-state index in [0.717, 1.165) is 12.1 Å². The molecule has 2 aromatic carbocycles. The van der Waals surface area contributed by atoms with Crippen LogP contribution in [0.25, 0.3) is 0 Å². The van der Waals surface area contributed by atoms with Gasteiger partial charge in [-0.05, 0) is 49.2 Å². The summed E-state index contributed by atoms with van der Waals surface area (Å²) in [5.41, 5.74) is 0.325. The van der Waals surface area contributed by atoms with Gasteiger partial charge >= 0.3 is 0 Å². The molecule has 1 atom stereocenters. The molecule has 2 N–H and O–H groups in total. The van der Waals surface area contributed by atoms with Gasteiger partial charge in [0.25, 0.3) is 0 Å². The topological polar surface area (TPSA) is 54.9 Å². The summed E-state index contributed by atoms with van der Waals surface area (Å²) in [6.45, 7) is 2.85. The van der Waals surface area contributed by atoms with Gasteiger partial charge in [-0.3, -0.25) is 4.99 Å².